The van der Waals surface area contributed by atoms with Crippen LogP contribution in [0.5, 0.6) is 0 Å². The molecular formula is C18H22ClN3O3S. The number of nitrogens with zero attached hydrogens (tertiary/aromatic N) is 3. The minimum atomic E-state index is -0.871. The Hall–Kier alpha value is -1.83. The maximum Gasteiger partial charge on any atom is 0.319 e. The summed E-state index contributed by atoms with van der Waals surface area (Å²) in [5.74, 6) is -0.106. The molecule has 140 valence electrons. The fourth-order valence-electron chi connectivity index (χ4n) is 2.19. The number of halogens is 1. The predicted octanol–water partition coefficient (Wildman–Crippen LogP) is 3.74. The van der Waals surface area contributed by atoms with Crippen molar-refractivity contribution in [2.24, 2.45) is 0 Å². The van der Waals surface area contributed by atoms with E-state index in [2.05, 4.69) is 14.9 Å². The predicted molar refractivity (Wildman–Crippen MR) is 104 cm³/mol. The number of rotatable bonds is 9. The molecule has 0 unspecified atom stereocenters. The van der Waals surface area contributed by atoms with Crippen molar-refractivity contribution in [1.29, 1.82) is 0 Å². The van der Waals surface area contributed by atoms with Crippen molar-refractivity contribution in [3.8, 4) is 0 Å². The third kappa shape index (κ3) is 5.86. The third-order valence-corrected chi connectivity index (χ3v) is 5.09. The highest BCUT2D eigenvalue weighted by molar-refractivity contribution is 8.01. The first kappa shape index (κ1) is 20.5. The van der Waals surface area contributed by atoms with Gasteiger partial charge in [0.15, 0.2) is 0 Å². The number of methoxy groups -OCH3 is 1. The van der Waals surface area contributed by atoms with Crippen LogP contribution in [0.25, 0.3) is 0 Å². The lowest BCUT2D eigenvalue weighted by Crippen LogP contribution is -2.27. The Bertz CT molecular complexity index is 741. The molecule has 26 heavy (non-hydrogen) atoms. The van der Waals surface area contributed by atoms with Crippen LogP contribution in [0.3, 0.4) is 0 Å². The number of aromatic nitrogens is 2. The van der Waals surface area contributed by atoms with Gasteiger partial charge in [-0.15, -0.1) is 11.8 Å². The van der Waals surface area contributed by atoms with Gasteiger partial charge in [-0.1, -0.05) is 23.7 Å². The van der Waals surface area contributed by atoms with Gasteiger partial charge in [-0.2, -0.15) is 0 Å². The smallest absolute Gasteiger partial charge is 0.319 e. The summed E-state index contributed by atoms with van der Waals surface area (Å²) < 4.78 is 4.31. The maximum absolute atomic E-state index is 11.3. The van der Waals surface area contributed by atoms with E-state index in [-0.39, 0.29) is 0 Å². The normalized spacial score (nSPS) is 11.4. The summed E-state index contributed by atoms with van der Waals surface area (Å²) in [6, 6.07) is 9.57. The molecule has 0 spiro atoms. The van der Waals surface area contributed by atoms with E-state index in [0.29, 0.717) is 24.8 Å². The molecule has 8 heteroatoms. The van der Waals surface area contributed by atoms with Gasteiger partial charge in [-0.25, -0.2) is 9.97 Å². The summed E-state index contributed by atoms with van der Waals surface area (Å²) in [5.41, 5.74) is 1.08. The van der Waals surface area contributed by atoms with Crippen molar-refractivity contribution in [1.82, 2.24) is 9.97 Å². The Balaban J connectivity index is 2.12. The molecule has 0 bridgehead atoms. The lowest BCUT2D eigenvalue weighted by atomic mass is 10.2. The molecule has 1 aromatic carbocycles. The highest BCUT2D eigenvalue weighted by atomic mass is 35.5. The fourth-order valence-corrected chi connectivity index (χ4v) is 3.28. The summed E-state index contributed by atoms with van der Waals surface area (Å²) in [6.07, 6.45) is 1.44. The third-order valence-electron chi connectivity index (χ3n) is 3.69. The highest BCUT2D eigenvalue weighted by Gasteiger charge is 2.28. The first-order chi connectivity index (χ1) is 12.3. The Labute approximate surface area is 162 Å². The Kier molecular flexibility index (Phi) is 7.25. The van der Waals surface area contributed by atoms with Gasteiger partial charge < -0.3 is 14.7 Å². The molecule has 0 saturated carbocycles. The quantitative estimate of drug-likeness (QED) is 0.512. The minimum absolute atomic E-state index is 0.389. The Morgan fingerprint density at radius 2 is 2.00 bits per heavy atom. The summed E-state index contributed by atoms with van der Waals surface area (Å²) in [6.45, 7) is 5.23. The van der Waals surface area contributed by atoms with E-state index in [1.54, 1.807) is 27.0 Å². The van der Waals surface area contributed by atoms with Gasteiger partial charge in [0.1, 0.15) is 22.0 Å². The average Bonchev–Trinajstić information content (AvgIpc) is 2.59. The van der Waals surface area contributed by atoms with Gasteiger partial charge in [0.25, 0.3) is 0 Å². The van der Waals surface area contributed by atoms with Crippen LogP contribution in [0.2, 0.25) is 5.15 Å². The molecule has 0 radical (unpaired) electrons. The van der Waals surface area contributed by atoms with Crippen molar-refractivity contribution < 1.29 is 14.6 Å². The molecule has 0 aliphatic carbocycles. The molecule has 1 aromatic heterocycles. The second-order valence-electron chi connectivity index (χ2n) is 6.17. The van der Waals surface area contributed by atoms with E-state index in [1.807, 2.05) is 24.3 Å². The average molecular weight is 396 g/mol. The molecule has 1 N–H and O–H groups in total. The van der Waals surface area contributed by atoms with Crippen LogP contribution < -0.4 is 4.90 Å². The number of hydrogen-bond donors (Lipinski definition) is 1. The van der Waals surface area contributed by atoms with Crippen LogP contribution in [0, 0.1) is 0 Å². The molecule has 0 amide bonds. The first-order valence-corrected chi connectivity index (χ1v) is 9.24. The number of aliphatic carboxylic acids is 1. The molecule has 0 aliphatic heterocycles. The molecular weight excluding hydrogens is 374 g/mol. The molecule has 0 atom stereocenters. The van der Waals surface area contributed by atoms with Gasteiger partial charge in [-0.3, -0.25) is 4.79 Å². The Morgan fingerprint density at radius 3 is 2.58 bits per heavy atom. The second kappa shape index (κ2) is 9.21. The van der Waals surface area contributed by atoms with E-state index >= 15 is 0 Å². The van der Waals surface area contributed by atoms with Gasteiger partial charge in [0.05, 0.1) is 6.61 Å². The van der Waals surface area contributed by atoms with Gasteiger partial charge in [0.2, 0.25) is 0 Å². The summed E-state index contributed by atoms with van der Waals surface area (Å²) in [5, 5.41) is 9.63. The van der Waals surface area contributed by atoms with Crippen molar-refractivity contribution in [2.75, 3.05) is 25.2 Å². The van der Waals surface area contributed by atoms with Gasteiger partial charge in [-0.05, 0) is 31.5 Å². The number of thioether (sulfide) groups is 1. The standard InChI is InChI=1S/C18H22ClN3O3S/c1-18(2,17(23)24)26-14-6-4-13(5-7-14)11-22(8-9-25-3)16-10-15(19)20-12-21-16/h4-7,10,12H,8-9,11H2,1-3H3,(H,23,24). The molecule has 0 fully saturated rings. The zero-order valence-corrected chi connectivity index (χ0v) is 16.5. The van der Waals surface area contributed by atoms with Crippen LogP contribution in [-0.4, -0.2) is 46.1 Å². The van der Waals surface area contributed by atoms with Crippen LogP contribution >= 0.6 is 23.4 Å². The lowest BCUT2D eigenvalue weighted by molar-refractivity contribution is -0.138. The van der Waals surface area contributed by atoms with Crippen LogP contribution in [-0.2, 0) is 16.1 Å². The summed E-state index contributed by atoms with van der Waals surface area (Å²) >= 11 is 7.30. The molecule has 0 saturated heterocycles. The van der Waals surface area contributed by atoms with Crippen molar-refractivity contribution >= 4 is 35.1 Å². The Morgan fingerprint density at radius 1 is 1.31 bits per heavy atom. The van der Waals surface area contributed by atoms with Crippen molar-refractivity contribution in [3.63, 3.8) is 0 Å². The van der Waals surface area contributed by atoms with E-state index in [9.17, 15) is 9.90 Å². The minimum Gasteiger partial charge on any atom is -0.480 e. The number of benzene rings is 1. The molecule has 1 heterocycles. The zero-order valence-electron chi connectivity index (χ0n) is 15.0. The molecule has 0 aliphatic rings. The monoisotopic (exact) mass is 395 g/mol. The van der Waals surface area contributed by atoms with E-state index in [0.717, 1.165) is 16.3 Å². The van der Waals surface area contributed by atoms with Gasteiger partial charge >= 0.3 is 5.97 Å². The topological polar surface area (TPSA) is 75.5 Å². The van der Waals surface area contributed by atoms with Gasteiger partial charge in [0, 0.05) is 31.2 Å². The van der Waals surface area contributed by atoms with Crippen molar-refractivity contribution in [3.05, 3.63) is 47.4 Å². The number of carbonyl (C=O) groups is 1. The summed E-state index contributed by atoms with van der Waals surface area (Å²) in [4.78, 5) is 22.4. The first-order valence-electron chi connectivity index (χ1n) is 8.04. The SMILES string of the molecule is COCCN(Cc1ccc(SC(C)(C)C(=O)O)cc1)c1cc(Cl)ncn1. The molecule has 6 nitrogen and oxygen atoms in total. The van der Waals surface area contributed by atoms with Crippen LogP contribution in [0.1, 0.15) is 19.4 Å². The summed E-state index contributed by atoms with van der Waals surface area (Å²) in [7, 11) is 1.65. The van der Waals surface area contributed by atoms with Crippen LogP contribution in [0.4, 0.5) is 5.82 Å². The molecule has 2 aromatic rings. The number of carboxylic acid groups (broad SMARTS) is 1. The number of hydrogen-bond acceptors (Lipinski definition) is 6. The second-order valence-corrected chi connectivity index (χ2v) is 8.26. The zero-order chi connectivity index (χ0) is 19.2. The molecule has 2 rings (SSSR count). The number of anilines is 1. The number of ether oxygens (including phenoxy) is 1. The highest BCUT2D eigenvalue weighted by Crippen LogP contribution is 2.32. The van der Waals surface area contributed by atoms with Crippen LogP contribution in [0.15, 0.2) is 41.6 Å². The van der Waals surface area contributed by atoms with E-state index in [4.69, 9.17) is 16.3 Å². The largest absolute Gasteiger partial charge is 0.480 e. The maximum atomic E-state index is 11.3. The number of carboxylic acids is 1. The van der Waals surface area contributed by atoms with E-state index in [1.165, 1.54) is 18.1 Å². The lowest BCUT2D eigenvalue weighted by Gasteiger charge is -2.24. The fraction of sp³-hybridized carbons (Fsp3) is 0.389. The van der Waals surface area contributed by atoms with Crippen molar-refractivity contribution in [2.45, 2.75) is 30.0 Å². The van der Waals surface area contributed by atoms with E-state index < -0.39 is 10.7 Å².